The number of ether oxygens (including phenoxy) is 1. The number of nitrogens with zero attached hydrogens (tertiary/aromatic N) is 1. The van der Waals surface area contributed by atoms with Crippen molar-refractivity contribution in [2.45, 2.75) is 6.10 Å². The molecule has 2 aromatic rings. The van der Waals surface area contributed by atoms with Gasteiger partial charge < -0.3 is 10.5 Å². The molecule has 0 aliphatic heterocycles. The van der Waals surface area contributed by atoms with Gasteiger partial charge in [0.2, 0.25) is 0 Å². The van der Waals surface area contributed by atoms with Crippen molar-refractivity contribution in [2.75, 3.05) is 0 Å². The molecule has 2 N–H and O–H groups in total. The average Bonchev–Trinajstić information content (AvgIpc) is 2.45. The number of hydrogen-bond acceptors (Lipinski definition) is 4. The van der Waals surface area contributed by atoms with E-state index >= 15 is 0 Å². The molecule has 0 saturated carbocycles. The van der Waals surface area contributed by atoms with Crippen LogP contribution in [0.2, 0.25) is 0 Å². The molecule has 6 heteroatoms. The van der Waals surface area contributed by atoms with E-state index < -0.39 is 17.1 Å². The minimum absolute atomic E-state index is 0.0281. The van der Waals surface area contributed by atoms with Crippen LogP contribution in [0.1, 0.15) is 17.2 Å². The third-order valence-corrected chi connectivity index (χ3v) is 2.74. The van der Waals surface area contributed by atoms with Gasteiger partial charge in [0, 0.05) is 12.1 Å². The molecule has 0 bridgehead atoms. The van der Waals surface area contributed by atoms with Crippen molar-refractivity contribution < 1.29 is 14.5 Å². The van der Waals surface area contributed by atoms with Crippen LogP contribution in [0, 0.1) is 10.1 Å². The van der Waals surface area contributed by atoms with Crippen LogP contribution in [0.3, 0.4) is 0 Å². The summed E-state index contributed by atoms with van der Waals surface area (Å²) >= 11 is 0. The number of nitrogens with two attached hydrogens (primary N) is 1. The smallest absolute Gasteiger partial charge is 0.405 e. The molecule has 2 rings (SSSR count). The molecule has 1 atom stereocenters. The fourth-order valence-electron chi connectivity index (χ4n) is 1.84. The van der Waals surface area contributed by atoms with Crippen LogP contribution in [0.5, 0.6) is 0 Å². The zero-order chi connectivity index (χ0) is 14.5. The molecule has 6 nitrogen and oxygen atoms in total. The molecule has 2 aromatic carbocycles. The van der Waals surface area contributed by atoms with Gasteiger partial charge >= 0.3 is 6.09 Å². The second-order valence-corrected chi connectivity index (χ2v) is 4.08. The molecule has 0 saturated heterocycles. The monoisotopic (exact) mass is 272 g/mol. The number of carbonyl (C=O) groups excluding carboxylic acids is 1. The number of rotatable bonds is 4. The van der Waals surface area contributed by atoms with Gasteiger partial charge in [0.25, 0.3) is 5.69 Å². The molecule has 0 spiro atoms. The first-order valence-electron chi connectivity index (χ1n) is 5.83. The van der Waals surface area contributed by atoms with Crippen molar-refractivity contribution in [3.05, 3.63) is 75.8 Å². The van der Waals surface area contributed by atoms with Gasteiger partial charge in [0.15, 0.2) is 6.10 Å². The maximum absolute atomic E-state index is 11.0. The van der Waals surface area contributed by atoms with E-state index in [2.05, 4.69) is 0 Å². The first-order valence-corrected chi connectivity index (χ1v) is 5.83. The number of primary amides is 1. The van der Waals surface area contributed by atoms with Gasteiger partial charge in [-0.2, -0.15) is 0 Å². The van der Waals surface area contributed by atoms with E-state index in [-0.39, 0.29) is 5.69 Å². The van der Waals surface area contributed by atoms with E-state index in [9.17, 15) is 14.9 Å². The number of non-ortho nitro benzene ring substituents is 1. The lowest BCUT2D eigenvalue weighted by molar-refractivity contribution is -0.384. The normalized spacial score (nSPS) is 11.6. The maximum Gasteiger partial charge on any atom is 0.405 e. The van der Waals surface area contributed by atoms with Gasteiger partial charge in [0.1, 0.15) is 0 Å². The number of benzene rings is 2. The summed E-state index contributed by atoms with van der Waals surface area (Å²) in [6.07, 6.45) is -1.59. The molecular weight excluding hydrogens is 260 g/mol. The zero-order valence-electron chi connectivity index (χ0n) is 10.4. The van der Waals surface area contributed by atoms with Crippen LogP contribution in [0.25, 0.3) is 0 Å². The molecule has 0 heterocycles. The Kier molecular flexibility index (Phi) is 3.95. The van der Waals surface area contributed by atoms with Crippen LogP contribution < -0.4 is 5.73 Å². The summed E-state index contributed by atoms with van der Waals surface area (Å²) in [5.41, 5.74) is 6.40. The van der Waals surface area contributed by atoms with Gasteiger partial charge in [-0.25, -0.2) is 4.79 Å². The lowest BCUT2D eigenvalue weighted by atomic mass is 10.0. The number of hydrogen-bond donors (Lipinski definition) is 1. The van der Waals surface area contributed by atoms with Crippen molar-refractivity contribution in [1.82, 2.24) is 0 Å². The number of amides is 1. The highest BCUT2D eigenvalue weighted by atomic mass is 16.6. The molecule has 0 aromatic heterocycles. The third-order valence-electron chi connectivity index (χ3n) is 2.74. The predicted octanol–water partition coefficient (Wildman–Crippen LogP) is 2.78. The van der Waals surface area contributed by atoms with E-state index in [0.29, 0.717) is 5.56 Å². The van der Waals surface area contributed by atoms with E-state index in [0.717, 1.165) is 5.56 Å². The van der Waals surface area contributed by atoms with Crippen LogP contribution >= 0.6 is 0 Å². The summed E-state index contributed by atoms with van der Waals surface area (Å²) in [5, 5.41) is 10.6. The van der Waals surface area contributed by atoms with Crippen LogP contribution in [0.15, 0.2) is 54.6 Å². The van der Waals surface area contributed by atoms with E-state index in [1.54, 1.807) is 36.4 Å². The summed E-state index contributed by atoms with van der Waals surface area (Å²) in [6, 6.07) is 14.8. The SMILES string of the molecule is NC(=O)OC(c1ccccc1)c1ccc([N+](=O)[O-])cc1. The highest BCUT2D eigenvalue weighted by molar-refractivity contribution is 5.65. The highest BCUT2D eigenvalue weighted by Gasteiger charge is 2.18. The summed E-state index contributed by atoms with van der Waals surface area (Å²) in [5.74, 6) is 0. The van der Waals surface area contributed by atoms with Gasteiger partial charge in [-0.05, 0) is 23.3 Å². The van der Waals surface area contributed by atoms with E-state index in [4.69, 9.17) is 10.5 Å². The predicted molar refractivity (Wildman–Crippen MR) is 72.0 cm³/mol. The van der Waals surface area contributed by atoms with E-state index in [1.807, 2.05) is 6.07 Å². The van der Waals surface area contributed by atoms with Crippen molar-refractivity contribution in [3.63, 3.8) is 0 Å². The lowest BCUT2D eigenvalue weighted by Gasteiger charge is -2.17. The van der Waals surface area contributed by atoms with Gasteiger partial charge in [-0.3, -0.25) is 10.1 Å². The number of carbonyl (C=O) groups is 1. The summed E-state index contributed by atoms with van der Waals surface area (Å²) in [4.78, 5) is 21.2. The Balaban J connectivity index is 2.36. The lowest BCUT2D eigenvalue weighted by Crippen LogP contribution is -2.18. The Labute approximate surface area is 114 Å². The Morgan fingerprint density at radius 1 is 1.05 bits per heavy atom. The molecule has 0 aliphatic rings. The first kappa shape index (κ1) is 13.5. The third kappa shape index (κ3) is 3.11. The van der Waals surface area contributed by atoms with Crippen molar-refractivity contribution in [1.29, 1.82) is 0 Å². The van der Waals surface area contributed by atoms with Crippen molar-refractivity contribution >= 4 is 11.8 Å². The summed E-state index contributed by atoms with van der Waals surface area (Å²) in [6.45, 7) is 0. The van der Waals surface area contributed by atoms with Crippen molar-refractivity contribution in [2.24, 2.45) is 5.73 Å². The van der Waals surface area contributed by atoms with Crippen LogP contribution in [0.4, 0.5) is 10.5 Å². The Hall–Kier alpha value is -2.89. The molecular formula is C14H12N2O4. The Morgan fingerprint density at radius 3 is 2.10 bits per heavy atom. The van der Waals surface area contributed by atoms with Crippen molar-refractivity contribution in [3.8, 4) is 0 Å². The number of nitro benzene ring substituents is 1. The van der Waals surface area contributed by atoms with Crippen LogP contribution in [-0.4, -0.2) is 11.0 Å². The van der Waals surface area contributed by atoms with E-state index in [1.165, 1.54) is 12.1 Å². The molecule has 0 aliphatic carbocycles. The average molecular weight is 272 g/mol. The van der Waals surface area contributed by atoms with Crippen LogP contribution in [-0.2, 0) is 4.74 Å². The second-order valence-electron chi connectivity index (χ2n) is 4.08. The second kappa shape index (κ2) is 5.83. The fourth-order valence-corrected chi connectivity index (χ4v) is 1.84. The minimum Gasteiger partial charge on any atom is -0.437 e. The molecule has 1 unspecified atom stereocenters. The minimum atomic E-state index is -0.905. The van der Waals surface area contributed by atoms with Gasteiger partial charge in [-0.1, -0.05) is 30.3 Å². The molecule has 0 radical (unpaired) electrons. The Morgan fingerprint density at radius 2 is 1.60 bits per heavy atom. The maximum atomic E-state index is 11.0. The Bertz CT molecular complexity index is 611. The first-order chi connectivity index (χ1) is 9.58. The molecule has 0 fully saturated rings. The van der Waals surface area contributed by atoms with Gasteiger partial charge in [0.05, 0.1) is 4.92 Å². The molecule has 1 amide bonds. The largest absolute Gasteiger partial charge is 0.437 e. The summed E-state index contributed by atoms with van der Waals surface area (Å²) in [7, 11) is 0. The number of nitro groups is 1. The molecule has 20 heavy (non-hydrogen) atoms. The molecule has 102 valence electrons. The summed E-state index contributed by atoms with van der Waals surface area (Å²) < 4.78 is 5.09. The fraction of sp³-hybridized carbons (Fsp3) is 0.0714. The highest BCUT2D eigenvalue weighted by Crippen LogP contribution is 2.27. The quantitative estimate of drug-likeness (QED) is 0.683. The zero-order valence-corrected chi connectivity index (χ0v) is 10.4. The van der Waals surface area contributed by atoms with Gasteiger partial charge in [-0.15, -0.1) is 0 Å². The topological polar surface area (TPSA) is 95.5 Å². The standard InChI is InChI=1S/C14H12N2O4/c15-14(17)20-13(10-4-2-1-3-5-10)11-6-8-12(9-7-11)16(18)19/h1-9,13H,(H2,15,17).